The molecule has 3 heterocycles. The molecule has 4 aromatic rings. The molecule has 1 spiro atoms. The van der Waals surface area contributed by atoms with E-state index >= 15 is 0 Å². The third-order valence-electron chi connectivity index (χ3n) is 7.96. The Morgan fingerprint density at radius 2 is 1.57 bits per heavy atom. The van der Waals surface area contributed by atoms with Crippen LogP contribution in [0.1, 0.15) is 47.4 Å². The zero-order valence-electron chi connectivity index (χ0n) is 19.5. The first kappa shape index (κ1) is 22.4. The molecule has 4 nitrogen and oxygen atoms in total. The van der Waals surface area contributed by atoms with E-state index in [-0.39, 0.29) is 17.3 Å². The van der Waals surface area contributed by atoms with Gasteiger partial charge in [0.25, 0.3) is 0 Å². The van der Waals surface area contributed by atoms with E-state index in [9.17, 15) is 14.4 Å². The van der Waals surface area contributed by atoms with E-state index in [4.69, 9.17) is 11.6 Å². The minimum absolute atomic E-state index is 0.0986. The number of halogens is 1. The molecule has 0 saturated carbocycles. The van der Waals surface area contributed by atoms with Gasteiger partial charge in [-0.15, -0.1) is 11.3 Å². The molecule has 37 heavy (non-hydrogen) atoms. The summed E-state index contributed by atoms with van der Waals surface area (Å²) in [5.74, 6) is -1.23. The van der Waals surface area contributed by atoms with Crippen molar-refractivity contribution in [3.63, 3.8) is 0 Å². The van der Waals surface area contributed by atoms with Crippen molar-refractivity contribution in [2.24, 2.45) is 5.41 Å². The van der Waals surface area contributed by atoms with E-state index in [1.807, 2.05) is 77.0 Å². The molecular weight excluding hydrogens is 502 g/mol. The average molecular weight is 522 g/mol. The summed E-state index contributed by atoms with van der Waals surface area (Å²) in [6.45, 7) is 0. The van der Waals surface area contributed by atoms with Crippen LogP contribution in [0.2, 0.25) is 5.02 Å². The molecule has 0 radical (unpaired) electrons. The number of anilines is 1. The Hall–Kier alpha value is -3.80. The maximum atomic E-state index is 14.5. The van der Waals surface area contributed by atoms with Crippen molar-refractivity contribution in [2.75, 3.05) is 4.90 Å². The van der Waals surface area contributed by atoms with Gasteiger partial charge in [-0.3, -0.25) is 14.4 Å². The van der Waals surface area contributed by atoms with Gasteiger partial charge in [-0.05, 0) is 40.8 Å². The molecule has 3 aromatic carbocycles. The molecular formula is C31H20ClNO3S. The van der Waals surface area contributed by atoms with Gasteiger partial charge in [-0.2, -0.15) is 0 Å². The Labute approximate surface area is 222 Å². The molecule has 1 saturated heterocycles. The monoisotopic (exact) mass is 521 g/mol. The minimum Gasteiger partial charge on any atom is -0.352 e. The predicted octanol–water partition coefficient (Wildman–Crippen LogP) is 6.72. The largest absolute Gasteiger partial charge is 0.352 e. The highest BCUT2D eigenvalue weighted by Gasteiger charge is 2.71. The first-order valence-electron chi connectivity index (χ1n) is 12.1. The summed E-state index contributed by atoms with van der Waals surface area (Å²) in [5, 5.41) is 2.45. The number of ketones is 3. The van der Waals surface area contributed by atoms with E-state index in [2.05, 4.69) is 0 Å². The second-order valence-electron chi connectivity index (χ2n) is 9.66. The molecule has 0 amide bonds. The zero-order chi connectivity index (χ0) is 25.3. The molecule has 180 valence electrons. The fraction of sp³-hybridized carbons (Fsp3) is 0.129. The maximum Gasteiger partial charge on any atom is 0.195 e. The molecule has 0 unspecified atom stereocenters. The summed E-state index contributed by atoms with van der Waals surface area (Å²) in [4.78, 5) is 45.9. The highest BCUT2D eigenvalue weighted by molar-refractivity contribution is 7.12. The van der Waals surface area contributed by atoms with Crippen LogP contribution in [0.3, 0.4) is 0 Å². The molecule has 1 aliphatic carbocycles. The van der Waals surface area contributed by atoms with Crippen molar-refractivity contribution in [1.29, 1.82) is 0 Å². The summed E-state index contributed by atoms with van der Waals surface area (Å²) in [7, 11) is 0. The van der Waals surface area contributed by atoms with Gasteiger partial charge >= 0.3 is 0 Å². The number of carbonyl (C=O) groups is 3. The Balaban J connectivity index is 1.56. The Kier molecular flexibility index (Phi) is 4.91. The molecule has 6 heteroatoms. The van der Waals surface area contributed by atoms with E-state index in [1.165, 1.54) is 11.3 Å². The average Bonchev–Trinajstić information content (AvgIpc) is 3.62. The molecule has 2 aliphatic heterocycles. The van der Waals surface area contributed by atoms with Gasteiger partial charge in [0.1, 0.15) is 11.5 Å². The normalized spacial score (nSPS) is 22.7. The lowest BCUT2D eigenvalue weighted by Gasteiger charge is -2.37. The number of hydrogen-bond donors (Lipinski definition) is 0. The van der Waals surface area contributed by atoms with Gasteiger partial charge < -0.3 is 4.90 Å². The van der Waals surface area contributed by atoms with Gasteiger partial charge in [0.2, 0.25) is 0 Å². The Bertz CT molecular complexity index is 1590. The second kappa shape index (κ2) is 8.10. The van der Waals surface area contributed by atoms with Crippen molar-refractivity contribution in [1.82, 2.24) is 0 Å². The highest BCUT2D eigenvalue weighted by Crippen LogP contribution is 2.61. The highest BCUT2D eigenvalue weighted by atomic mass is 35.5. The number of nitrogens with zero attached hydrogens (tertiary/aromatic N) is 1. The van der Waals surface area contributed by atoms with Crippen molar-refractivity contribution in [3.8, 4) is 0 Å². The van der Waals surface area contributed by atoms with E-state index < -0.39 is 23.4 Å². The van der Waals surface area contributed by atoms with E-state index in [0.29, 0.717) is 21.0 Å². The number of benzene rings is 3. The Morgan fingerprint density at radius 1 is 0.865 bits per heavy atom. The van der Waals surface area contributed by atoms with Crippen molar-refractivity contribution in [2.45, 2.75) is 18.0 Å². The lowest BCUT2D eigenvalue weighted by Crippen LogP contribution is -2.48. The summed E-state index contributed by atoms with van der Waals surface area (Å²) < 4.78 is 0. The first-order chi connectivity index (χ1) is 18.0. The van der Waals surface area contributed by atoms with Crippen LogP contribution < -0.4 is 4.90 Å². The van der Waals surface area contributed by atoms with Crippen LogP contribution in [0.15, 0.2) is 96.4 Å². The van der Waals surface area contributed by atoms with Gasteiger partial charge in [0, 0.05) is 27.8 Å². The summed E-state index contributed by atoms with van der Waals surface area (Å²) in [6, 6.07) is 24.4. The number of fused-ring (bicyclic) bond motifs is 5. The first-order valence-corrected chi connectivity index (χ1v) is 13.4. The number of rotatable bonds is 3. The van der Waals surface area contributed by atoms with E-state index in [0.717, 1.165) is 16.8 Å². The van der Waals surface area contributed by atoms with Crippen molar-refractivity contribution < 1.29 is 14.4 Å². The summed E-state index contributed by atoms with van der Waals surface area (Å²) >= 11 is 7.70. The van der Waals surface area contributed by atoms with Crippen molar-refractivity contribution >= 4 is 52.1 Å². The van der Waals surface area contributed by atoms with Crippen LogP contribution in [0.5, 0.6) is 0 Å². The summed E-state index contributed by atoms with van der Waals surface area (Å²) in [5.41, 5.74) is 1.82. The standard InChI is InChI=1S/C31H20ClNO3S/c32-20-13-14-23-19(17-20)12-15-25-31(29(35)21-9-4-5-10-22(21)30(31)36)26(18-7-2-1-3-8-18)27(33(23)25)28(34)24-11-6-16-37-24/h1-17,25-27H/t25-,26-,27-/m0/s1. The SMILES string of the molecule is O=C(c1cccs1)[C@@H]1[C@H](c2ccccc2)C2(C(=O)c3ccccc3C2=O)[C@@H]2C=Cc3cc(Cl)ccc3N12. The quantitative estimate of drug-likeness (QED) is 0.222. The zero-order valence-corrected chi connectivity index (χ0v) is 21.1. The van der Waals surface area contributed by atoms with Crippen LogP contribution in [0.25, 0.3) is 6.08 Å². The number of hydrogen-bond acceptors (Lipinski definition) is 5. The van der Waals surface area contributed by atoms with Crippen LogP contribution in [-0.4, -0.2) is 29.4 Å². The molecule has 7 rings (SSSR count). The fourth-order valence-electron chi connectivity index (χ4n) is 6.55. The lowest BCUT2D eigenvalue weighted by atomic mass is 9.64. The molecule has 0 N–H and O–H groups in total. The van der Waals surface area contributed by atoms with Crippen molar-refractivity contribution in [3.05, 3.63) is 129 Å². The summed E-state index contributed by atoms with van der Waals surface area (Å²) in [6.07, 6.45) is 3.84. The molecule has 1 aromatic heterocycles. The number of thiophene rings is 1. The molecule has 3 aliphatic rings. The Morgan fingerprint density at radius 3 is 2.24 bits per heavy atom. The molecule has 0 bridgehead atoms. The topological polar surface area (TPSA) is 54.5 Å². The van der Waals surface area contributed by atoms with Gasteiger partial charge in [-0.1, -0.05) is 84.4 Å². The van der Waals surface area contributed by atoms with Crippen LogP contribution >= 0.6 is 22.9 Å². The van der Waals surface area contributed by atoms with Crippen LogP contribution in [0.4, 0.5) is 5.69 Å². The van der Waals surface area contributed by atoms with Gasteiger partial charge in [0.15, 0.2) is 17.3 Å². The van der Waals surface area contributed by atoms with E-state index in [1.54, 1.807) is 30.3 Å². The number of Topliss-reactive ketones (excluding diaryl/α,β-unsaturated/α-hetero) is 3. The van der Waals surface area contributed by atoms with Crippen LogP contribution in [0, 0.1) is 5.41 Å². The molecule has 3 atom stereocenters. The second-order valence-corrected chi connectivity index (χ2v) is 11.0. The van der Waals surface area contributed by atoms with Gasteiger partial charge in [0.05, 0.1) is 10.9 Å². The fourth-order valence-corrected chi connectivity index (χ4v) is 7.42. The smallest absolute Gasteiger partial charge is 0.195 e. The predicted molar refractivity (Wildman–Crippen MR) is 146 cm³/mol. The number of carbonyl (C=O) groups excluding carboxylic acids is 3. The maximum absolute atomic E-state index is 14.5. The minimum atomic E-state index is -1.48. The third kappa shape index (κ3) is 2.93. The molecule has 1 fully saturated rings. The van der Waals surface area contributed by atoms with Gasteiger partial charge in [-0.25, -0.2) is 0 Å². The lowest BCUT2D eigenvalue weighted by molar-refractivity contribution is 0.0666. The van der Waals surface area contributed by atoms with Crippen LogP contribution in [-0.2, 0) is 0 Å². The third-order valence-corrected chi connectivity index (χ3v) is 9.08.